The second kappa shape index (κ2) is 6.83. The normalized spacial score (nSPS) is 19.3. The molecule has 0 unspecified atom stereocenters. The molecule has 1 aromatic carbocycles. The van der Waals surface area contributed by atoms with Crippen molar-refractivity contribution in [2.24, 2.45) is 0 Å². The third-order valence-corrected chi connectivity index (χ3v) is 4.27. The van der Waals surface area contributed by atoms with Gasteiger partial charge in [0.2, 0.25) is 11.8 Å². The number of carbonyl (C=O) groups excluding carboxylic acids is 2. The molecule has 6 nitrogen and oxygen atoms in total. The molecule has 2 aliphatic rings. The highest BCUT2D eigenvalue weighted by molar-refractivity contribution is 5.88. The summed E-state index contributed by atoms with van der Waals surface area (Å²) in [4.78, 5) is 28.5. The first-order valence-corrected chi connectivity index (χ1v) is 7.92. The quantitative estimate of drug-likeness (QED) is 0.885. The highest BCUT2D eigenvalue weighted by atomic mass is 16.2. The van der Waals surface area contributed by atoms with Gasteiger partial charge in [-0.2, -0.15) is 0 Å². The molecule has 1 aromatic rings. The zero-order chi connectivity index (χ0) is 16.2. The van der Waals surface area contributed by atoms with Gasteiger partial charge in [-0.15, -0.1) is 0 Å². The van der Waals surface area contributed by atoms with Crippen LogP contribution in [0.5, 0.6) is 0 Å². The van der Waals surface area contributed by atoms with Crippen LogP contribution in [0, 0.1) is 0 Å². The van der Waals surface area contributed by atoms with E-state index >= 15 is 0 Å². The largest absolute Gasteiger partial charge is 0.339 e. The molecule has 0 radical (unpaired) electrons. The monoisotopic (exact) mass is 314 g/mol. The van der Waals surface area contributed by atoms with Crippen LogP contribution in [0.1, 0.15) is 12.0 Å². The molecule has 2 heterocycles. The highest BCUT2D eigenvalue weighted by Crippen LogP contribution is 2.17. The Morgan fingerprint density at radius 1 is 1.13 bits per heavy atom. The molecule has 0 atom stereocenters. The van der Waals surface area contributed by atoms with Gasteiger partial charge >= 0.3 is 0 Å². The predicted molar refractivity (Wildman–Crippen MR) is 88.0 cm³/mol. The van der Waals surface area contributed by atoms with Gasteiger partial charge in [0, 0.05) is 32.6 Å². The maximum atomic E-state index is 12.4. The summed E-state index contributed by atoms with van der Waals surface area (Å²) >= 11 is 0. The Labute approximate surface area is 136 Å². The maximum absolute atomic E-state index is 12.4. The number of amides is 2. The Hall–Kier alpha value is -2.34. The first-order valence-electron chi connectivity index (χ1n) is 7.92. The smallest absolute Gasteiger partial charge is 0.245 e. The van der Waals surface area contributed by atoms with Crippen molar-refractivity contribution in [3.05, 3.63) is 42.0 Å². The van der Waals surface area contributed by atoms with E-state index in [0.717, 1.165) is 37.4 Å². The van der Waals surface area contributed by atoms with Crippen LogP contribution >= 0.6 is 0 Å². The zero-order valence-electron chi connectivity index (χ0n) is 13.4. The summed E-state index contributed by atoms with van der Waals surface area (Å²) in [5, 5.41) is 1.43. The van der Waals surface area contributed by atoms with E-state index in [-0.39, 0.29) is 18.4 Å². The molecule has 0 saturated carbocycles. The first kappa shape index (κ1) is 15.6. The Morgan fingerprint density at radius 2 is 1.83 bits per heavy atom. The van der Waals surface area contributed by atoms with Crippen molar-refractivity contribution >= 4 is 17.5 Å². The molecule has 23 heavy (non-hydrogen) atoms. The molecule has 3 rings (SSSR count). The molecule has 122 valence electrons. The van der Waals surface area contributed by atoms with E-state index in [1.54, 1.807) is 0 Å². The minimum absolute atomic E-state index is 0.00624. The zero-order valence-corrected chi connectivity index (χ0v) is 13.4. The lowest BCUT2D eigenvalue weighted by Gasteiger charge is -2.35. The van der Waals surface area contributed by atoms with Crippen molar-refractivity contribution < 1.29 is 9.59 Å². The number of hydrogen-bond donors (Lipinski definition) is 1. The Balaban J connectivity index is 1.62. The maximum Gasteiger partial charge on any atom is 0.245 e. The number of likely N-dealkylation sites (N-methyl/N-ethyl adjacent to an activating group) is 1. The molecular formula is C17H22N4O2. The summed E-state index contributed by atoms with van der Waals surface area (Å²) in [7, 11) is 2.05. The van der Waals surface area contributed by atoms with E-state index in [0.29, 0.717) is 6.42 Å². The molecule has 0 bridgehead atoms. The summed E-state index contributed by atoms with van der Waals surface area (Å²) in [5.74, 6) is -0.0829. The second-order valence-corrected chi connectivity index (χ2v) is 5.96. The fourth-order valence-corrected chi connectivity index (χ4v) is 2.77. The average Bonchev–Trinajstić information content (AvgIpc) is 2.58. The third kappa shape index (κ3) is 3.71. The van der Waals surface area contributed by atoms with Crippen molar-refractivity contribution in [2.45, 2.75) is 6.42 Å². The molecule has 0 aliphatic carbocycles. The van der Waals surface area contributed by atoms with E-state index in [2.05, 4.69) is 17.4 Å². The van der Waals surface area contributed by atoms with Crippen LogP contribution in [0.2, 0.25) is 0 Å². The standard InChI is InChI=1S/C17H22N4O2/c1-19-9-11-20(12-10-19)17(23)13-21-16(22)8-7-15(18-21)14-5-3-2-4-6-14/h2-7,18H,8-13H2,1H3. The summed E-state index contributed by atoms with van der Waals surface area (Å²) < 4.78 is 0. The van der Waals surface area contributed by atoms with E-state index in [1.807, 2.05) is 41.3 Å². The lowest BCUT2D eigenvalue weighted by molar-refractivity contribution is -0.143. The fraction of sp³-hybridized carbons (Fsp3) is 0.412. The van der Waals surface area contributed by atoms with Gasteiger partial charge in [-0.1, -0.05) is 30.3 Å². The van der Waals surface area contributed by atoms with E-state index in [9.17, 15) is 9.59 Å². The number of carbonyl (C=O) groups is 2. The Kier molecular flexibility index (Phi) is 4.62. The lowest BCUT2D eigenvalue weighted by Crippen LogP contribution is -2.53. The highest BCUT2D eigenvalue weighted by Gasteiger charge is 2.26. The van der Waals surface area contributed by atoms with Gasteiger partial charge in [-0.25, -0.2) is 5.01 Å². The molecule has 1 fully saturated rings. The molecule has 6 heteroatoms. The lowest BCUT2D eigenvalue weighted by atomic mass is 10.1. The van der Waals surface area contributed by atoms with Crippen LogP contribution in [0.25, 0.3) is 5.70 Å². The van der Waals surface area contributed by atoms with Gasteiger partial charge in [-0.3, -0.25) is 15.0 Å². The van der Waals surface area contributed by atoms with Crippen LogP contribution in [0.3, 0.4) is 0 Å². The molecule has 2 aliphatic heterocycles. The number of hydrazine groups is 1. The number of benzene rings is 1. The van der Waals surface area contributed by atoms with E-state index in [1.165, 1.54) is 5.01 Å². The predicted octanol–water partition coefficient (Wildman–Crippen LogP) is 0.538. The molecule has 2 amide bonds. The number of hydrogen-bond acceptors (Lipinski definition) is 4. The minimum Gasteiger partial charge on any atom is -0.339 e. The molecular weight excluding hydrogens is 292 g/mol. The van der Waals surface area contributed by atoms with E-state index < -0.39 is 0 Å². The van der Waals surface area contributed by atoms with Gasteiger partial charge in [-0.05, 0) is 18.7 Å². The van der Waals surface area contributed by atoms with Gasteiger partial charge in [0.25, 0.3) is 0 Å². The van der Waals surface area contributed by atoms with Crippen molar-refractivity contribution in [3.63, 3.8) is 0 Å². The number of piperazine rings is 1. The number of rotatable bonds is 3. The molecule has 1 saturated heterocycles. The van der Waals surface area contributed by atoms with Crippen molar-refractivity contribution in [3.8, 4) is 0 Å². The Bertz CT molecular complexity index is 606. The summed E-state index contributed by atoms with van der Waals surface area (Å²) in [5.41, 5.74) is 4.97. The Morgan fingerprint density at radius 3 is 2.52 bits per heavy atom. The second-order valence-electron chi connectivity index (χ2n) is 5.96. The SMILES string of the molecule is CN1CCN(C(=O)CN2NC(c3ccccc3)=CCC2=O)CC1. The van der Waals surface area contributed by atoms with Crippen LogP contribution < -0.4 is 5.43 Å². The fourth-order valence-electron chi connectivity index (χ4n) is 2.77. The van der Waals surface area contributed by atoms with Crippen LogP contribution in [0.15, 0.2) is 36.4 Å². The van der Waals surface area contributed by atoms with Crippen LogP contribution in [-0.4, -0.2) is 66.4 Å². The topological polar surface area (TPSA) is 55.9 Å². The third-order valence-electron chi connectivity index (χ3n) is 4.27. The molecule has 0 spiro atoms. The first-order chi connectivity index (χ1) is 11.1. The van der Waals surface area contributed by atoms with Gasteiger partial charge in [0.1, 0.15) is 6.54 Å². The summed E-state index contributed by atoms with van der Waals surface area (Å²) in [6.45, 7) is 3.27. The van der Waals surface area contributed by atoms with E-state index in [4.69, 9.17) is 0 Å². The van der Waals surface area contributed by atoms with Crippen molar-refractivity contribution in [1.29, 1.82) is 0 Å². The summed E-state index contributed by atoms with van der Waals surface area (Å²) in [6, 6.07) is 9.82. The van der Waals surface area contributed by atoms with Crippen molar-refractivity contribution in [1.82, 2.24) is 20.2 Å². The minimum atomic E-state index is -0.0767. The van der Waals surface area contributed by atoms with Crippen molar-refractivity contribution in [2.75, 3.05) is 39.8 Å². The number of nitrogens with zero attached hydrogens (tertiary/aromatic N) is 3. The average molecular weight is 314 g/mol. The van der Waals surface area contributed by atoms with Crippen LogP contribution in [-0.2, 0) is 9.59 Å². The number of nitrogens with one attached hydrogen (secondary N) is 1. The van der Waals surface area contributed by atoms with Gasteiger partial charge in [0.05, 0.1) is 5.70 Å². The van der Waals surface area contributed by atoms with Crippen LogP contribution in [0.4, 0.5) is 0 Å². The molecule has 0 aromatic heterocycles. The molecule has 1 N–H and O–H groups in total. The van der Waals surface area contributed by atoms with Gasteiger partial charge < -0.3 is 9.80 Å². The summed E-state index contributed by atoms with van der Waals surface area (Å²) in [6.07, 6.45) is 2.18. The van der Waals surface area contributed by atoms with Gasteiger partial charge in [0.15, 0.2) is 0 Å².